The molecule has 1 unspecified atom stereocenters. The maximum atomic E-state index is 13.0. The Morgan fingerprint density at radius 1 is 1.04 bits per heavy atom. The van der Waals surface area contributed by atoms with Gasteiger partial charge in [0.2, 0.25) is 0 Å². The standard InChI is InChI=1S/C20H21N3O4/c1-12-17(19(24)22-14-7-5-9-16(11-14)27-3)18(23-20(25)21-12)13-6-4-8-15(10-13)26-2/h4-11,18H,1-3H3,(H,22,24)(H2,21,23,25). The molecule has 0 aromatic heterocycles. The second-order valence-corrected chi connectivity index (χ2v) is 6.03. The van der Waals surface area contributed by atoms with Crippen LogP contribution in [0, 0.1) is 0 Å². The van der Waals surface area contributed by atoms with Crippen molar-refractivity contribution in [3.05, 3.63) is 65.4 Å². The second kappa shape index (κ2) is 7.82. The van der Waals surface area contributed by atoms with E-state index < -0.39 is 6.04 Å². The van der Waals surface area contributed by atoms with Crippen LogP contribution in [0.15, 0.2) is 59.8 Å². The quantitative estimate of drug-likeness (QED) is 0.758. The number of methoxy groups -OCH3 is 2. The van der Waals surface area contributed by atoms with Gasteiger partial charge in [-0.1, -0.05) is 18.2 Å². The van der Waals surface area contributed by atoms with Crippen molar-refractivity contribution in [2.75, 3.05) is 19.5 Å². The van der Waals surface area contributed by atoms with Gasteiger partial charge in [0.15, 0.2) is 0 Å². The van der Waals surface area contributed by atoms with Crippen LogP contribution in [0.1, 0.15) is 18.5 Å². The number of hydrogen-bond acceptors (Lipinski definition) is 4. The molecule has 0 saturated carbocycles. The molecule has 3 N–H and O–H groups in total. The summed E-state index contributed by atoms with van der Waals surface area (Å²) in [5.74, 6) is 0.962. The zero-order valence-electron chi connectivity index (χ0n) is 15.3. The molecule has 1 aliphatic heterocycles. The third-order valence-corrected chi connectivity index (χ3v) is 4.27. The van der Waals surface area contributed by atoms with Crippen molar-refractivity contribution in [3.8, 4) is 11.5 Å². The van der Waals surface area contributed by atoms with Gasteiger partial charge in [-0.25, -0.2) is 4.79 Å². The lowest BCUT2D eigenvalue weighted by Crippen LogP contribution is -2.45. The SMILES string of the molecule is COc1cccc(NC(=O)C2=C(C)NC(=O)NC2c2cccc(OC)c2)c1. The summed E-state index contributed by atoms with van der Waals surface area (Å²) >= 11 is 0. The van der Waals surface area contributed by atoms with Crippen LogP contribution in [0.2, 0.25) is 0 Å². The summed E-state index contributed by atoms with van der Waals surface area (Å²) in [6, 6.07) is 13.4. The maximum Gasteiger partial charge on any atom is 0.319 e. The number of allylic oxidation sites excluding steroid dienone is 1. The van der Waals surface area contributed by atoms with E-state index in [1.807, 2.05) is 12.1 Å². The summed E-state index contributed by atoms with van der Waals surface area (Å²) < 4.78 is 10.4. The van der Waals surface area contributed by atoms with Crippen LogP contribution in [0.5, 0.6) is 11.5 Å². The number of carbonyl (C=O) groups is 2. The van der Waals surface area contributed by atoms with Gasteiger partial charge in [-0.2, -0.15) is 0 Å². The van der Waals surface area contributed by atoms with Crippen molar-refractivity contribution in [2.45, 2.75) is 13.0 Å². The molecule has 7 nitrogen and oxygen atoms in total. The summed E-state index contributed by atoms with van der Waals surface area (Å²) in [4.78, 5) is 25.0. The molecular weight excluding hydrogens is 346 g/mol. The molecule has 2 aromatic rings. The Morgan fingerprint density at radius 3 is 2.41 bits per heavy atom. The first-order valence-electron chi connectivity index (χ1n) is 8.39. The average molecular weight is 367 g/mol. The van der Waals surface area contributed by atoms with Gasteiger partial charge < -0.3 is 25.4 Å². The topological polar surface area (TPSA) is 88.7 Å². The van der Waals surface area contributed by atoms with Gasteiger partial charge >= 0.3 is 6.03 Å². The molecule has 0 radical (unpaired) electrons. The monoisotopic (exact) mass is 367 g/mol. The first-order valence-corrected chi connectivity index (χ1v) is 8.39. The van der Waals surface area contributed by atoms with E-state index in [1.165, 1.54) is 0 Å². The molecule has 0 spiro atoms. The highest BCUT2D eigenvalue weighted by Crippen LogP contribution is 2.30. The lowest BCUT2D eigenvalue weighted by atomic mass is 9.94. The smallest absolute Gasteiger partial charge is 0.319 e. The highest BCUT2D eigenvalue weighted by atomic mass is 16.5. The molecule has 0 bridgehead atoms. The fourth-order valence-corrected chi connectivity index (χ4v) is 2.97. The van der Waals surface area contributed by atoms with E-state index in [0.717, 1.165) is 5.56 Å². The van der Waals surface area contributed by atoms with Crippen LogP contribution in [0.4, 0.5) is 10.5 Å². The molecule has 140 valence electrons. The van der Waals surface area contributed by atoms with Gasteiger partial charge in [0.05, 0.1) is 25.8 Å². The fourth-order valence-electron chi connectivity index (χ4n) is 2.97. The average Bonchev–Trinajstić information content (AvgIpc) is 2.67. The van der Waals surface area contributed by atoms with Gasteiger partial charge in [0.1, 0.15) is 11.5 Å². The summed E-state index contributed by atoms with van der Waals surface area (Å²) in [5.41, 5.74) is 2.26. The van der Waals surface area contributed by atoms with Crippen molar-refractivity contribution in [1.82, 2.24) is 10.6 Å². The second-order valence-electron chi connectivity index (χ2n) is 6.03. The zero-order chi connectivity index (χ0) is 19.4. The molecular formula is C20H21N3O4. The van der Waals surface area contributed by atoms with Crippen molar-refractivity contribution < 1.29 is 19.1 Å². The van der Waals surface area contributed by atoms with Crippen LogP contribution in [-0.4, -0.2) is 26.2 Å². The minimum atomic E-state index is -0.598. The largest absolute Gasteiger partial charge is 0.497 e. The number of urea groups is 1. The molecule has 2 aromatic carbocycles. The molecule has 0 fully saturated rings. The van der Waals surface area contributed by atoms with E-state index in [9.17, 15) is 9.59 Å². The maximum absolute atomic E-state index is 13.0. The molecule has 3 rings (SSSR count). The summed E-state index contributed by atoms with van der Waals surface area (Å²) in [5, 5.41) is 8.33. The van der Waals surface area contributed by atoms with Crippen LogP contribution >= 0.6 is 0 Å². The normalized spacial score (nSPS) is 16.3. The third-order valence-electron chi connectivity index (χ3n) is 4.27. The molecule has 7 heteroatoms. The van der Waals surface area contributed by atoms with E-state index in [-0.39, 0.29) is 11.9 Å². The van der Waals surface area contributed by atoms with Gasteiger partial charge in [0.25, 0.3) is 5.91 Å². The minimum absolute atomic E-state index is 0.318. The Hall–Kier alpha value is -3.48. The molecule has 1 aliphatic rings. The molecule has 1 atom stereocenters. The number of anilines is 1. The number of nitrogens with one attached hydrogen (secondary N) is 3. The number of ether oxygens (including phenoxy) is 2. The van der Waals surface area contributed by atoms with E-state index >= 15 is 0 Å². The molecule has 1 heterocycles. The third kappa shape index (κ3) is 4.03. The van der Waals surface area contributed by atoms with Crippen molar-refractivity contribution in [3.63, 3.8) is 0 Å². The fraction of sp³-hybridized carbons (Fsp3) is 0.200. The van der Waals surface area contributed by atoms with Gasteiger partial charge in [0, 0.05) is 17.5 Å². The zero-order valence-corrected chi connectivity index (χ0v) is 15.3. The van der Waals surface area contributed by atoms with E-state index in [0.29, 0.717) is 28.5 Å². The molecule has 0 saturated heterocycles. The van der Waals surface area contributed by atoms with Crippen LogP contribution in [-0.2, 0) is 4.79 Å². The van der Waals surface area contributed by atoms with Crippen LogP contribution in [0.25, 0.3) is 0 Å². The van der Waals surface area contributed by atoms with E-state index in [1.54, 1.807) is 57.5 Å². The predicted octanol–water partition coefficient (Wildman–Crippen LogP) is 2.97. The van der Waals surface area contributed by atoms with Gasteiger partial charge in [-0.15, -0.1) is 0 Å². The van der Waals surface area contributed by atoms with Crippen LogP contribution < -0.4 is 25.4 Å². The predicted molar refractivity (Wildman–Crippen MR) is 102 cm³/mol. The summed E-state index contributed by atoms with van der Waals surface area (Å²) in [6.45, 7) is 1.70. The highest BCUT2D eigenvalue weighted by molar-refractivity contribution is 6.06. The lowest BCUT2D eigenvalue weighted by Gasteiger charge is -2.29. The Bertz CT molecular complexity index is 908. The number of rotatable bonds is 5. The molecule has 3 amide bonds. The molecule has 27 heavy (non-hydrogen) atoms. The van der Waals surface area contributed by atoms with E-state index in [2.05, 4.69) is 16.0 Å². The first-order chi connectivity index (χ1) is 13.0. The molecule has 0 aliphatic carbocycles. The summed E-state index contributed by atoms with van der Waals surface area (Å²) in [7, 11) is 3.13. The van der Waals surface area contributed by atoms with Crippen molar-refractivity contribution in [2.24, 2.45) is 0 Å². The number of carbonyl (C=O) groups excluding carboxylic acids is 2. The Morgan fingerprint density at radius 2 is 1.70 bits per heavy atom. The van der Waals surface area contributed by atoms with Crippen molar-refractivity contribution in [1.29, 1.82) is 0 Å². The van der Waals surface area contributed by atoms with Gasteiger partial charge in [-0.3, -0.25) is 4.79 Å². The Balaban J connectivity index is 1.94. The summed E-state index contributed by atoms with van der Waals surface area (Å²) in [6.07, 6.45) is 0. The Kier molecular flexibility index (Phi) is 5.30. The minimum Gasteiger partial charge on any atom is -0.497 e. The number of benzene rings is 2. The van der Waals surface area contributed by atoms with E-state index in [4.69, 9.17) is 9.47 Å². The van der Waals surface area contributed by atoms with Crippen LogP contribution in [0.3, 0.4) is 0 Å². The van der Waals surface area contributed by atoms with Crippen molar-refractivity contribution >= 4 is 17.6 Å². The highest BCUT2D eigenvalue weighted by Gasteiger charge is 2.31. The Labute approximate surface area is 157 Å². The first kappa shape index (κ1) is 18.3. The number of amides is 3. The number of hydrogen-bond donors (Lipinski definition) is 3. The van der Waals surface area contributed by atoms with Gasteiger partial charge in [-0.05, 0) is 36.8 Å². The lowest BCUT2D eigenvalue weighted by molar-refractivity contribution is -0.113.